The average molecular weight is 218 g/mol. The molecule has 1 aliphatic carbocycles. The minimum atomic E-state index is -0.815. The topological polar surface area (TPSA) is 58.2 Å². The lowest BCUT2D eigenvalue weighted by Gasteiger charge is -2.04. The maximum atomic E-state index is 11.2. The molecule has 0 aromatic rings. The Hall–Kier alpha value is -0.420. The van der Waals surface area contributed by atoms with Crippen molar-refractivity contribution < 1.29 is 9.00 Å². The summed E-state index contributed by atoms with van der Waals surface area (Å²) in [5.74, 6) is 0.588. The first-order chi connectivity index (χ1) is 6.68. The molecule has 0 heterocycles. The third-order valence-corrected chi connectivity index (χ3v) is 2.85. The highest BCUT2D eigenvalue weighted by molar-refractivity contribution is 7.84. The zero-order valence-corrected chi connectivity index (χ0v) is 9.36. The van der Waals surface area contributed by atoms with E-state index in [4.69, 9.17) is 0 Å². The standard InChI is InChI=1S/C9H18N2O2S/c1-14(13)7-6-11-9(12)4-5-10-8-2-3-8/h8,10H,2-7H2,1H3,(H,11,12). The van der Waals surface area contributed by atoms with Crippen molar-refractivity contribution in [2.24, 2.45) is 0 Å². The second-order valence-corrected chi connectivity index (χ2v) is 5.16. The monoisotopic (exact) mass is 218 g/mol. The summed E-state index contributed by atoms with van der Waals surface area (Å²) in [5.41, 5.74) is 0. The highest BCUT2D eigenvalue weighted by Gasteiger charge is 2.19. The molecule has 0 radical (unpaired) electrons. The fourth-order valence-corrected chi connectivity index (χ4v) is 1.49. The Kier molecular flexibility index (Phi) is 5.11. The maximum absolute atomic E-state index is 11.2. The fraction of sp³-hybridized carbons (Fsp3) is 0.889. The van der Waals surface area contributed by atoms with E-state index < -0.39 is 10.8 Å². The quantitative estimate of drug-likeness (QED) is 0.612. The van der Waals surface area contributed by atoms with Crippen molar-refractivity contribution in [1.82, 2.24) is 10.6 Å². The van der Waals surface area contributed by atoms with Crippen molar-refractivity contribution >= 4 is 16.7 Å². The molecule has 14 heavy (non-hydrogen) atoms. The van der Waals surface area contributed by atoms with E-state index in [1.54, 1.807) is 6.26 Å². The first-order valence-electron chi connectivity index (χ1n) is 4.98. The summed E-state index contributed by atoms with van der Waals surface area (Å²) in [5, 5.41) is 6.00. The Morgan fingerprint density at radius 2 is 2.14 bits per heavy atom. The van der Waals surface area contributed by atoms with Crippen LogP contribution in [0.4, 0.5) is 0 Å². The molecule has 1 saturated carbocycles. The van der Waals surface area contributed by atoms with E-state index in [-0.39, 0.29) is 5.91 Å². The molecule has 4 nitrogen and oxygen atoms in total. The van der Waals surface area contributed by atoms with Gasteiger partial charge in [-0.3, -0.25) is 9.00 Å². The zero-order valence-electron chi connectivity index (χ0n) is 8.54. The van der Waals surface area contributed by atoms with E-state index in [1.165, 1.54) is 12.8 Å². The van der Waals surface area contributed by atoms with Gasteiger partial charge in [-0.1, -0.05) is 0 Å². The van der Waals surface area contributed by atoms with E-state index in [2.05, 4.69) is 10.6 Å². The van der Waals surface area contributed by atoms with Crippen LogP contribution in [0.1, 0.15) is 19.3 Å². The van der Waals surface area contributed by atoms with Gasteiger partial charge in [-0.15, -0.1) is 0 Å². The molecule has 82 valence electrons. The summed E-state index contributed by atoms with van der Waals surface area (Å²) in [7, 11) is -0.815. The van der Waals surface area contributed by atoms with Crippen LogP contribution in [-0.2, 0) is 15.6 Å². The molecule has 5 heteroatoms. The Labute approximate surface area is 87.3 Å². The van der Waals surface area contributed by atoms with Crippen molar-refractivity contribution in [3.63, 3.8) is 0 Å². The lowest BCUT2D eigenvalue weighted by Crippen LogP contribution is -2.30. The third kappa shape index (κ3) is 6.10. The molecule has 1 unspecified atom stereocenters. The molecule has 0 aromatic carbocycles. The number of nitrogens with one attached hydrogen (secondary N) is 2. The Bertz CT molecular complexity index is 217. The van der Waals surface area contributed by atoms with E-state index >= 15 is 0 Å². The molecule has 0 saturated heterocycles. The fourth-order valence-electron chi connectivity index (χ4n) is 1.10. The van der Waals surface area contributed by atoms with Crippen molar-refractivity contribution in [3.8, 4) is 0 Å². The van der Waals surface area contributed by atoms with E-state index in [0.29, 0.717) is 24.8 Å². The Morgan fingerprint density at radius 1 is 1.43 bits per heavy atom. The molecule has 0 aromatic heterocycles. The molecule has 1 atom stereocenters. The first kappa shape index (κ1) is 11.7. The molecule has 1 rings (SSSR count). The second-order valence-electron chi connectivity index (χ2n) is 3.61. The van der Waals surface area contributed by atoms with E-state index in [1.807, 2.05) is 0 Å². The van der Waals surface area contributed by atoms with Gasteiger partial charge in [0.25, 0.3) is 0 Å². The van der Waals surface area contributed by atoms with Gasteiger partial charge in [0, 0.05) is 48.4 Å². The number of carbonyl (C=O) groups excluding carboxylic acids is 1. The smallest absolute Gasteiger partial charge is 0.221 e. The van der Waals surface area contributed by atoms with Gasteiger partial charge < -0.3 is 10.6 Å². The van der Waals surface area contributed by atoms with Gasteiger partial charge in [0.2, 0.25) is 5.91 Å². The molecule has 0 bridgehead atoms. The largest absolute Gasteiger partial charge is 0.355 e. The van der Waals surface area contributed by atoms with Crippen LogP contribution in [0.5, 0.6) is 0 Å². The lowest BCUT2D eigenvalue weighted by molar-refractivity contribution is -0.120. The van der Waals surface area contributed by atoms with Crippen LogP contribution >= 0.6 is 0 Å². The van der Waals surface area contributed by atoms with E-state index in [9.17, 15) is 9.00 Å². The van der Waals surface area contributed by atoms with Crippen molar-refractivity contribution in [1.29, 1.82) is 0 Å². The van der Waals surface area contributed by atoms with E-state index in [0.717, 1.165) is 6.54 Å². The third-order valence-electron chi connectivity index (χ3n) is 2.07. The number of hydrogen-bond donors (Lipinski definition) is 2. The van der Waals surface area contributed by atoms with Crippen LogP contribution in [0, 0.1) is 0 Å². The van der Waals surface area contributed by atoms with Crippen molar-refractivity contribution in [2.45, 2.75) is 25.3 Å². The van der Waals surface area contributed by atoms with Crippen LogP contribution < -0.4 is 10.6 Å². The summed E-state index contributed by atoms with van der Waals surface area (Å²) in [6, 6.07) is 0.658. The van der Waals surface area contributed by atoms with Gasteiger partial charge in [0.05, 0.1) is 0 Å². The van der Waals surface area contributed by atoms with Crippen LogP contribution in [0.15, 0.2) is 0 Å². The van der Waals surface area contributed by atoms with Gasteiger partial charge in [0.15, 0.2) is 0 Å². The minimum Gasteiger partial charge on any atom is -0.355 e. The van der Waals surface area contributed by atoms with Gasteiger partial charge in [0.1, 0.15) is 0 Å². The van der Waals surface area contributed by atoms with Gasteiger partial charge in [-0.05, 0) is 12.8 Å². The first-order valence-corrected chi connectivity index (χ1v) is 6.71. The number of rotatable bonds is 7. The van der Waals surface area contributed by atoms with Crippen LogP contribution in [0.2, 0.25) is 0 Å². The van der Waals surface area contributed by atoms with Gasteiger partial charge in [-0.2, -0.15) is 0 Å². The van der Waals surface area contributed by atoms with Crippen LogP contribution in [0.3, 0.4) is 0 Å². The molecule has 2 N–H and O–H groups in total. The van der Waals surface area contributed by atoms with Crippen LogP contribution in [0.25, 0.3) is 0 Å². The summed E-state index contributed by atoms with van der Waals surface area (Å²) < 4.78 is 10.7. The predicted molar refractivity (Wildman–Crippen MR) is 57.6 cm³/mol. The molecular formula is C9H18N2O2S. The molecule has 1 amide bonds. The van der Waals surface area contributed by atoms with Gasteiger partial charge >= 0.3 is 0 Å². The second kappa shape index (κ2) is 6.14. The summed E-state index contributed by atoms with van der Waals surface area (Å²) >= 11 is 0. The normalized spacial score (nSPS) is 17.8. The highest BCUT2D eigenvalue weighted by Crippen LogP contribution is 2.18. The number of carbonyl (C=O) groups is 1. The van der Waals surface area contributed by atoms with Crippen LogP contribution in [-0.4, -0.2) is 41.3 Å². The van der Waals surface area contributed by atoms with Gasteiger partial charge in [-0.25, -0.2) is 0 Å². The molecular weight excluding hydrogens is 200 g/mol. The van der Waals surface area contributed by atoms with Crippen molar-refractivity contribution in [2.75, 3.05) is 25.1 Å². The summed E-state index contributed by atoms with van der Waals surface area (Å²) in [4.78, 5) is 11.2. The SMILES string of the molecule is CS(=O)CCNC(=O)CCNC1CC1. The average Bonchev–Trinajstić information content (AvgIpc) is 2.87. The molecule has 0 aliphatic heterocycles. The lowest BCUT2D eigenvalue weighted by atomic mass is 10.4. The number of amides is 1. The Morgan fingerprint density at radius 3 is 2.71 bits per heavy atom. The highest BCUT2D eigenvalue weighted by atomic mass is 32.2. The number of hydrogen-bond acceptors (Lipinski definition) is 3. The minimum absolute atomic E-state index is 0.0450. The molecule has 1 aliphatic rings. The van der Waals surface area contributed by atoms with Crippen molar-refractivity contribution in [3.05, 3.63) is 0 Å². The molecule has 0 spiro atoms. The zero-order chi connectivity index (χ0) is 10.4. The Balaban J connectivity index is 1.89. The summed E-state index contributed by atoms with van der Waals surface area (Å²) in [6.07, 6.45) is 4.65. The molecule has 1 fully saturated rings. The maximum Gasteiger partial charge on any atom is 0.221 e. The summed E-state index contributed by atoms with van der Waals surface area (Å²) in [6.45, 7) is 1.27. The predicted octanol–water partition coefficient (Wildman–Crippen LogP) is -0.377.